The van der Waals surface area contributed by atoms with E-state index in [1.807, 2.05) is 25.1 Å². The molecule has 0 radical (unpaired) electrons. The Hall–Kier alpha value is -2.85. The predicted octanol–water partition coefficient (Wildman–Crippen LogP) is 2.92. The van der Waals surface area contributed by atoms with E-state index in [1.54, 1.807) is 36.4 Å². The monoisotopic (exact) mass is 371 g/mol. The molecule has 0 fully saturated rings. The zero-order valence-corrected chi connectivity index (χ0v) is 15.6. The Balaban J connectivity index is 2.09. The van der Waals surface area contributed by atoms with Crippen LogP contribution in [0.4, 0.5) is 11.4 Å². The lowest BCUT2D eigenvalue weighted by Crippen LogP contribution is -2.33. The molecule has 0 aliphatic carbocycles. The van der Waals surface area contributed by atoms with Gasteiger partial charge in [0.1, 0.15) is 6.07 Å². The summed E-state index contributed by atoms with van der Waals surface area (Å²) in [6, 6.07) is 15.9. The van der Waals surface area contributed by atoms with E-state index in [-0.39, 0.29) is 18.9 Å². The van der Waals surface area contributed by atoms with Crippen LogP contribution in [0.5, 0.6) is 0 Å². The number of rotatable bonds is 7. The molecule has 0 heterocycles. The molecule has 0 aliphatic rings. The second-order valence-corrected chi connectivity index (χ2v) is 7.72. The quantitative estimate of drug-likeness (QED) is 0.810. The van der Waals surface area contributed by atoms with E-state index in [4.69, 9.17) is 5.26 Å². The zero-order valence-electron chi connectivity index (χ0n) is 14.8. The van der Waals surface area contributed by atoms with Crippen LogP contribution in [0.1, 0.15) is 24.5 Å². The second-order valence-electron chi connectivity index (χ2n) is 5.81. The predicted molar refractivity (Wildman–Crippen MR) is 102 cm³/mol. The van der Waals surface area contributed by atoms with Gasteiger partial charge < -0.3 is 5.32 Å². The molecule has 0 aliphatic heterocycles. The molecule has 0 saturated heterocycles. The summed E-state index contributed by atoms with van der Waals surface area (Å²) in [4.78, 5) is 12.2. The summed E-state index contributed by atoms with van der Waals surface area (Å²) in [5.74, 6) is -0.355. The average Bonchev–Trinajstić information content (AvgIpc) is 2.61. The molecular weight excluding hydrogens is 350 g/mol. The van der Waals surface area contributed by atoms with Gasteiger partial charge in [-0.25, -0.2) is 8.42 Å². The molecule has 0 unspecified atom stereocenters. The highest BCUT2D eigenvalue weighted by molar-refractivity contribution is 7.92. The molecular formula is C19H21N3O3S. The van der Waals surface area contributed by atoms with Crippen LogP contribution in [0.2, 0.25) is 0 Å². The van der Waals surface area contributed by atoms with Crippen LogP contribution in [0, 0.1) is 11.3 Å². The topological polar surface area (TPSA) is 90.3 Å². The van der Waals surface area contributed by atoms with Crippen molar-refractivity contribution in [3.8, 4) is 6.07 Å². The number of carbonyl (C=O) groups excluding carboxylic acids is 1. The fraction of sp³-hybridized carbons (Fsp3) is 0.263. The summed E-state index contributed by atoms with van der Waals surface area (Å²) in [6.07, 6.45) is 1.95. The first-order chi connectivity index (χ1) is 12.3. The lowest BCUT2D eigenvalue weighted by atomic mass is 10.1. The molecule has 1 N–H and O–H groups in total. The molecule has 7 heteroatoms. The van der Waals surface area contributed by atoms with Crippen molar-refractivity contribution in [3.63, 3.8) is 0 Å². The van der Waals surface area contributed by atoms with Crippen LogP contribution in [0.3, 0.4) is 0 Å². The minimum Gasteiger partial charge on any atom is -0.325 e. The minimum atomic E-state index is -3.52. The van der Waals surface area contributed by atoms with Gasteiger partial charge in [-0.05, 0) is 36.2 Å². The van der Waals surface area contributed by atoms with Crippen molar-refractivity contribution in [1.29, 1.82) is 5.26 Å². The van der Waals surface area contributed by atoms with Gasteiger partial charge in [0.2, 0.25) is 15.9 Å². The van der Waals surface area contributed by atoms with Crippen LogP contribution < -0.4 is 9.62 Å². The van der Waals surface area contributed by atoms with Crippen LogP contribution in [0.15, 0.2) is 48.5 Å². The van der Waals surface area contributed by atoms with E-state index in [2.05, 4.69) is 5.32 Å². The molecule has 26 heavy (non-hydrogen) atoms. The number of sulfonamides is 1. The number of nitriles is 1. The molecule has 0 spiro atoms. The van der Waals surface area contributed by atoms with E-state index < -0.39 is 10.0 Å². The maximum Gasteiger partial charge on any atom is 0.232 e. The van der Waals surface area contributed by atoms with Crippen molar-refractivity contribution in [1.82, 2.24) is 0 Å². The largest absolute Gasteiger partial charge is 0.325 e. The Morgan fingerprint density at radius 2 is 1.81 bits per heavy atom. The molecule has 2 rings (SSSR count). The van der Waals surface area contributed by atoms with Crippen LogP contribution >= 0.6 is 0 Å². The number of para-hydroxylation sites is 1. The SMILES string of the molecule is CCc1ccc(N(CCC(=O)Nc2ccccc2C#N)S(C)(=O)=O)cc1. The molecule has 0 atom stereocenters. The Morgan fingerprint density at radius 3 is 2.38 bits per heavy atom. The molecule has 1 amide bonds. The number of carbonyl (C=O) groups is 1. The van der Waals surface area contributed by atoms with E-state index in [1.165, 1.54) is 4.31 Å². The summed E-state index contributed by atoms with van der Waals surface area (Å²) in [5, 5.41) is 11.7. The van der Waals surface area contributed by atoms with Crippen LogP contribution in [0.25, 0.3) is 0 Å². The number of amides is 1. The van der Waals surface area contributed by atoms with Crippen molar-refractivity contribution in [2.45, 2.75) is 19.8 Å². The summed E-state index contributed by atoms with van der Waals surface area (Å²) < 4.78 is 25.4. The molecule has 0 aromatic heterocycles. The van der Waals surface area contributed by atoms with Gasteiger partial charge in [-0.15, -0.1) is 0 Å². The molecule has 6 nitrogen and oxygen atoms in total. The zero-order chi connectivity index (χ0) is 19.2. The molecule has 0 saturated carbocycles. The fourth-order valence-corrected chi connectivity index (χ4v) is 3.42. The van der Waals surface area contributed by atoms with Crippen molar-refractivity contribution in [3.05, 3.63) is 59.7 Å². The van der Waals surface area contributed by atoms with Crippen LogP contribution in [-0.2, 0) is 21.2 Å². The minimum absolute atomic E-state index is 0.0187. The Morgan fingerprint density at radius 1 is 1.15 bits per heavy atom. The highest BCUT2D eigenvalue weighted by Gasteiger charge is 2.19. The maximum atomic E-state index is 12.2. The Labute approximate surface area is 154 Å². The van der Waals surface area contributed by atoms with Crippen LogP contribution in [-0.4, -0.2) is 27.1 Å². The number of hydrogen-bond donors (Lipinski definition) is 1. The van der Waals surface area contributed by atoms with Gasteiger partial charge in [-0.3, -0.25) is 9.10 Å². The molecule has 0 bridgehead atoms. The van der Waals surface area contributed by atoms with Crippen molar-refractivity contribution in [2.75, 3.05) is 22.4 Å². The highest BCUT2D eigenvalue weighted by atomic mass is 32.2. The number of nitrogens with one attached hydrogen (secondary N) is 1. The fourth-order valence-electron chi connectivity index (χ4n) is 2.49. The standard InChI is InChI=1S/C19H21N3O3S/c1-3-15-8-10-17(11-9-15)22(26(2,24)25)13-12-19(23)21-18-7-5-4-6-16(18)14-20/h4-11H,3,12-13H2,1-2H3,(H,21,23). The lowest BCUT2D eigenvalue weighted by molar-refractivity contribution is -0.116. The Kier molecular flexibility index (Phi) is 6.36. The van der Waals surface area contributed by atoms with E-state index >= 15 is 0 Å². The number of benzene rings is 2. The number of nitrogens with zero attached hydrogens (tertiary/aromatic N) is 2. The third kappa shape index (κ3) is 5.07. The number of aryl methyl sites for hydroxylation is 1. The summed E-state index contributed by atoms with van der Waals surface area (Å²) in [5.41, 5.74) is 2.40. The van der Waals surface area contributed by atoms with Gasteiger partial charge in [0.15, 0.2) is 0 Å². The van der Waals surface area contributed by atoms with Gasteiger partial charge in [0.25, 0.3) is 0 Å². The third-order valence-electron chi connectivity index (χ3n) is 3.90. The van der Waals surface area contributed by atoms with E-state index in [9.17, 15) is 13.2 Å². The maximum absolute atomic E-state index is 12.2. The normalized spacial score (nSPS) is 10.8. The Bertz CT molecular complexity index is 916. The molecule has 2 aromatic carbocycles. The average molecular weight is 371 g/mol. The lowest BCUT2D eigenvalue weighted by Gasteiger charge is -2.22. The third-order valence-corrected chi connectivity index (χ3v) is 5.09. The molecule has 136 valence electrons. The number of hydrogen-bond acceptors (Lipinski definition) is 4. The van der Waals surface area contributed by atoms with Gasteiger partial charge in [0.05, 0.1) is 23.2 Å². The first-order valence-corrected chi connectivity index (χ1v) is 10.1. The second kappa shape index (κ2) is 8.50. The van der Waals surface area contributed by atoms with Crippen molar-refractivity contribution >= 4 is 27.3 Å². The van der Waals surface area contributed by atoms with Crippen molar-refractivity contribution in [2.24, 2.45) is 0 Å². The molecule has 2 aromatic rings. The van der Waals surface area contributed by atoms with Crippen molar-refractivity contribution < 1.29 is 13.2 Å². The smallest absolute Gasteiger partial charge is 0.232 e. The summed E-state index contributed by atoms with van der Waals surface area (Å²) in [6.45, 7) is 2.04. The highest BCUT2D eigenvalue weighted by Crippen LogP contribution is 2.19. The van der Waals surface area contributed by atoms with Gasteiger partial charge >= 0.3 is 0 Å². The van der Waals surface area contributed by atoms with Gasteiger partial charge in [0, 0.05) is 13.0 Å². The first-order valence-electron chi connectivity index (χ1n) is 8.20. The van der Waals surface area contributed by atoms with E-state index in [0.29, 0.717) is 16.9 Å². The van der Waals surface area contributed by atoms with E-state index in [0.717, 1.165) is 18.2 Å². The summed E-state index contributed by atoms with van der Waals surface area (Å²) in [7, 11) is -3.52. The van der Waals surface area contributed by atoms with Gasteiger partial charge in [-0.2, -0.15) is 5.26 Å². The number of anilines is 2. The first kappa shape index (κ1) is 19.5. The van der Waals surface area contributed by atoms with Gasteiger partial charge in [-0.1, -0.05) is 31.2 Å². The summed E-state index contributed by atoms with van der Waals surface area (Å²) >= 11 is 0.